The van der Waals surface area contributed by atoms with Gasteiger partial charge in [0.1, 0.15) is 0 Å². The Morgan fingerprint density at radius 2 is 2.05 bits per heavy atom. The Bertz CT molecular complexity index is 332. The molecule has 1 heterocycles. The van der Waals surface area contributed by atoms with Crippen LogP contribution in [0, 0.1) is 5.92 Å². The van der Waals surface area contributed by atoms with E-state index < -0.39 is 0 Å². The van der Waals surface area contributed by atoms with Gasteiger partial charge in [0, 0.05) is 19.6 Å². The first-order chi connectivity index (χ1) is 9.15. The maximum atomic E-state index is 12.5. The number of hydrogen-bond donors (Lipinski definition) is 2. The molecule has 2 fully saturated rings. The van der Waals surface area contributed by atoms with Crippen LogP contribution in [0.3, 0.4) is 0 Å². The van der Waals surface area contributed by atoms with E-state index in [4.69, 9.17) is 0 Å². The Morgan fingerprint density at radius 3 is 2.68 bits per heavy atom. The van der Waals surface area contributed by atoms with Gasteiger partial charge in [0.2, 0.25) is 11.8 Å². The molecule has 0 radical (unpaired) electrons. The Labute approximate surface area is 115 Å². The van der Waals surface area contributed by atoms with Crippen LogP contribution in [-0.4, -0.2) is 48.9 Å². The molecule has 0 aromatic carbocycles. The number of likely N-dealkylation sites (N-methyl/N-ethyl adjacent to an activating group) is 2. The minimum Gasteiger partial charge on any atom is -0.358 e. The quantitative estimate of drug-likeness (QED) is 0.780. The normalized spacial score (nSPS) is 29.7. The molecule has 108 valence electrons. The van der Waals surface area contributed by atoms with Crippen molar-refractivity contribution in [2.45, 2.75) is 51.1 Å². The molecule has 1 aliphatic carbocycles. The van der Waals surface area contributed by atoms with Gasteiger partial charge in [0.05, 0.1) is 12.6 Å². The molecule has 1 saturated heterocycles. The monoisotopic (exact) mass is 267 g/mol. The van der Waals surface area contributed by atoms with E-state index in [0.717, 1.165) is 6.42 Å². The second kappa shape index (κ2) is 6.37. The fraction of sp³-hybridized carbons (Fsp3) is 0.857. The molecule has 1 saturated carbocycles. The molecule has 2 amide bonds. The molecule has 0 aromatic rings. The van der Waals surface area contributed by atoms with E-state index in [2.05, 4.69) is 10.6 Å². The van der Waals surface area contributed by atoms with Crippen molar-refractivity contribution in [3.63, 3.8) is 0 Å². The molecule has 2 rings (SSSR count). The highest BCUT2D eigenvalue weighted by Gasteiger charge is 2.39. The predicted molar refractivity (Wildman–Crippen MR) is 73.6 cm³/mol. The highest BCUT2D eigenvalue weighted by molar-refractivity contribution is 5.87. The summed E-state index contributed by atoms with van der Waals surface area (Å²) < 4.78 is 0. The van der Waals surface area contributed by atoms with Crippen LogP contribution in [0.25, 0.3) is 0 Å². The number of nitrogens with zero attached hydrogens (tertiary/aromatic N) is 1. The minimum absolute atomic E-state index is 0.0838. The van der Waals surface area contributed by atoms with E-state index in [0.29, 0.717) is 18.5 Å². The lowest BCUT2D eigenvalue weighted by Crippen LogP contribution is -2.48. The highest BCUT2D eigenvalue weighted by atomic mass is 16.2. The average Bonchev–Trinajstić information content (AvgIpc) is 2.87. The number of carbonyl (C=O) groups excluding carboxylic acids is 2. The summed E-state index contributed by atoms with van der Waals surface area (Å²) in [7, 11) is 1.60. The molecule has 2 aliphatic rings. The zero-order chi connectivity index (χ0) is 13.8. The third-order valence-corrected chi connectivity index (χ3v) is 4.47. The van der Waals surface area contributed by atoms with Crippen molar-refractivity contribution in [2.24, 2.45) is 5.92 Å². The van der Waals surface area contributed by atoms with Crippen LogP contribution < -0.4 is 10.6 Å². The fourth-order valence-electron chi connectivity index (χ4n) is 3.33. The zero-order valence-corrected chi connectivity index (χ0v) is 11.9. The molecule has 2 N–H and O–H groups in total. The largest absolute Gasteiger partial charge is 0.358 e. The van der Waals surface area contributed by atoms with Crippen LogP contribution in [0.4, 0.5) is 0 Å². The van der Waals surface area contributed by atoms with Crippen LogP contribution in [-0.2, 0) is 9.59 Å². The van der Waals surface area contributed by atoms with Crippen molar-refractivity contribution in [2.75, 3.05) is 20.1 Å². The van der Waals surface area contributed by atoms with E-state index in [1.165, 1.54) is 25.7 Å². The van der Waals surface area contributed by atoms with Crippen molar-refractivity contribution >= 4 is 11.8 Å². The Kier molecular flexibility index (Phi) is 4.80. The van der Waals surface area contributed by atoms with Crippen LogP contribution in [0.2, 0.25) is 0 Å². The van der Waals surface area contributed by atoms with Crippen LogP contribution in [0.5, 0.6) is 0 Å². The lowest BCUT2D eigenvalue weighted by Gasteiger charge is -2.25. The molecule has 0 spiro atoms. The molecule has 3 unspecified atom stereocenters. The zero-order valence-electron chi connectivity index (χ0n) is 11.9. The van der Waals surface area contributed by atoms with Gasteiger partial charge in [-0.2, -0.15) is 0 Å². The summed E-state index contributed by atoms with van der Waals surface area (Å²) in [4.78, 5) is 25.5. The van der Waals surface area contributed by atoms with E-state index in [9.17, 15) is 9.59 Å². The van der Waals surface area contributed by atoms with Crippen molar-refractivity contribution in [1.82, 2.24) is 15.5 Å². The summed E-state index contributed by atoms with van der Waals surface area (Å²) >= 11 is 0. The van der Waals surface area contributed by atoms with Crippen molar-refractivity contribution in [3.05, 3.63) is 0 Å². The minimum atomic E-state index is -0.106. The molecule has 5 nitrogen and oxygen atoms in total. The number of amides is 2. The standard InChI is InChI=1S/C14H25N3O2/c1-3-17(9-13(18)15-2)14(19)12-8-10-6-4-5-7-11(10)16-12/h10-12,16H,3-9H2,1-2H3,(H,15,18). The molecule has 1 aliphatic heterocycles. The van der Waals surface area contributed by atoms with E-state index in [1.807, 2.05) is 6.92 Å². The van der Waals surface area contributed by atoms with Crippen molar-refractivity contribution in [1.29, 1.82) is 0 Å². The summed E-state index contributed by atoms with van der Waals surface area (Å²) in [5.74, 6) is 0.632. The van der Waals surface area contributed by atoms with Gasteiger partial charge in [-0.05, 0) is 32.1 Å². The predicted octanol–water partition coefficient (Wildman–Crippen LogP) is 0.502. The Morgan fingerprint density at radius 1 is 1.32 bits per heavy atom. The van der Waals surface area contributed by atoms with Gasteiger partial charge < -0.3 is 15.5 Å². The van der Waals surface area contributed by atoms with E-state index >= 15 is 0 Å². The van der Waals surface area contributed by atoms with Gasteiger partial charge in [-0.15, -0.1) is 0 Å². The molecular weight excluding hydrogens is 242 g/mol. The van der Waals surface area contributed by atoms with Crippen molar-refractivity contribution in [3.8, 4) is 0 Å². The third-order valence-electron chi connectivity index (χ3n) is 4.47. The van der Waals surface area contributed by atoms with Gasteiger partial charge in [-0.1, -0.05) is 12.8 Å². The topological polar surface area (TPSA) is 61.4 Å². The van der Waals surface area contributed by atoms with Crippen LogP contribution in [0.15, 0.2) is 0 Å². The number of fused-ring (bicyclic) bond motifs is 1. The van der Waals surface area contributed by atoms with Gasteiger partial charge in [-0.25, -0.2) is 0 Å². The summed E-state index contributed by atoms with van der Waals surface area (Å²) in [6.45, 7) is 2.67. The maximum Gasteiger partial charge on any atom is 0.240 e. The van der Waals surface area contributed by atoms with E-state index in [1.54, 1.807) is 11.9 Å². The van der Waals surface area contributed by atoms with Gasteiger partial charge in [0.15, 0.2) is 0 Å². The maximum absolute atomic E-state index is 12.5. The van der Waals surface area contributed by atoms with Gasteiger partial charge >= 0.3 is 0 Å². The SMILES string of the molecule is CCN(CC(=O)NC)C(=O)C1CC2CCCCC2N1. The second-order valence-electron chi connectivity index (χ2n) is 5.63. The first-order valence-electron chi connectivity index (χ1n) is 7.41. The van der Waals surface area contributed by atoms with Crippen molar-refractivity contribution < 1.29 is 9.59 Å². The van der Waals surface area contributed by atoms with Gasteiger partial charge in [-0.3, -0.25) is 9.59 Å². The number of carbonyl (C=O) groups is 2. The summed E-state index contributed by atoms with van der Waals surface area (Å²) in [5, 5.41) is 6.05. The molecule has 0 aromatic heterocycles. The number of nitrogens with one attached hydrogen (secondary N) is 2. The second-order valence-corrected chi connectivity index (χ2v) is 5.63. The summed E-state index contributed by atoms with van der Waals surface area (Å²) in [6, 6.07) is 0.430. The number of rotatable bonds is 4. The smallest absolute Gasteiger partial charge is 0.240 e. The molecular formula is C14H25N3O2. The van der Waals surface area contributed by atoms with Crippen LogP contribution >= 0.6 is 0 Å². The molecule has 3 atom stereocenters. The Balaban J connectivity index is 1.93. The van der Waals surface area contributed by atoms with E-state index in [-0.39, 0.29) is 24.4 Å². The average molecular weight is 267 g/mol. The number of hydrogen-bond acceptors (Lipinski definition) is 3. The molecule has 5 heteroatoms. The Hall–Kier alpha value is -1.10. The first kappa shape index (κ1) is 14.3. The molecule has 19 heavy (non-hydrogen) atoms. The summed E-state index contributed by atoms with van der Waals surface area (Å²) in [5.41, 5.74) is 0. The lowest BCUT2D eigenvalue weighted by molar-refractivity contribution is -0.137. The molecule has 0 bridgehead atoms. The third kappa shape index (κ3) is 3.26. The van der Waals surface area contributed by atoms with Gasteiger partial charge in [0.25, 0.3) is 0 Å². The van der Waals surface area contributed by atoms with Crippen LogP contribution in [0.1, 0.15) is 39.0 Å². The lowest BCUT2D eigenvalue weighted by atomic mass is 9.85. The fourth-order valence-corrected chi connectivity index (χ4v) is 3.33. The highest BCUT2D eigenvalue weighted by Crippen LogP contribution is 2.33. The first-order valence-corrected chi connectivity index (χ1v) is 7.41. The summed E-state index contributed by atoms with van der Waals surface area (Å²) in [6.07, 6.45) is 5.93.